The monoisotopic (exact) mass is 381 g/mol. The van der Waals surface area contributed by atoms with E-state index < -0.39 is 0 Å². The Morgan fingerprint density at radius 3 is 2.62 bits per heavy atom. The second-order valence-electron chi connectivity index (χ2n) is 5.26. The molecule has 0 unspecified atom stereocenters. The number of hydrogen-bond donors (Lipinski definition) is 1. The van der Waals surface area contributed by atoms with E-state index in [1.54, 1.807) is 12.1 Å². The lowest BCUT2D eigenvalue weighted by molar-refractivity contribution is 0.360. The minimum atomic E-state index is 0.00503. The van der Waals surface area contributed by atoms with Crippen molar-refractivity contribution in [1.82, 2.24) is 15.5 Å². The molecule has 24 heavy (non-hydrogen) atoms. The van der Waals surface area contributed by atoms with Crippen molar-refractivity contribution in [2.45, 2.75) is 19.5 Å². The van der Waals surface area contributed by atoms with E-state index in [4.69, 9.17) is 39.3 Å². The first-order chi connectivity index (χ1) is 11.5. The van der Waals surface area contributed by atoms with Crippen LogP contribution in [-0.2, 0) is 6.54 Å². The smallest absolute Gasteiger partial charge is 0.240 e. The van der Waals surface area contributed by atoms with Crippen LogP contribution in [0, 0.1) is 0 Å². The van der Waals surface area contributed by atoms with E-state index in [1.807, 2.05) is 37.3 Å². The molecule has 124 valence electrons. The topological polar surface area (TPSA) is 51.0 Å². The zero-order chi connectivity index (χ0) is 17.1. The van der Waals surface area contributed by atoms with E-state index in [0.717, 1.165) is 11.1 Å². The van der Waals surface area contributed by atoms with Crippen LogP contribution in [0.15, 0.2) is 47.0 Å². The fraction of sp³-hybridized carbons (Fsp3) is 0.176. The summed E-state index contributed by atoms with van der Waals surface area (Å²) in [7, 11) is 0. The molecule has 1 N–H and O–H groups in total. The third-order valence-electron chi connectivity index (χ3n) is 3.57. The summed E-state index contributed by atoms with van der Waals surface area (Å²) < 4.78 is 5.27. The molecule has 4 nitrogen and oxygen atoms in total. The van der Waals surface area contributed by atoms with Gasteiger partial charge in [-0.2, -0.15) is 4.98 Å². The van der Waals surface area contributed by atoms with Crippen LogP contribution in [0.1, 0.15) is 24.4 Å². The van der Waals surface area contributed by atoms with Gasteiger partial charge in [0, 0.05) is 21.7 Å². The molecule has 1 heterocycles. The Morgan fingerprint density at radius 1 is 1.08 bits per heavy atom. The average Bonchev–Trinajstić information content (AvgIpc) is 3.02. The van der Waals surface area contributed by atoms with E-state index in [0.29, 0.717) is 33.3 Å². The van der Waals surface area contributed by atoms with Gasteiger partial charge < -0.3 is 9.84 Å². The molecule has 1 atom stereocenters. The largest absolute Gasteiger partial charge is 0.338 e. The molecule has 2 aromatic carbocycles. The second kappa shape index (κ2) is 7.53. The Bertz CT molecular complexity index is 851. The van der Waals surface area contributed by atoms with Crippen LogP contribution in [0.4, 0.5) is 0 Å². The molecule has 0 bridgehead atoms. The Labute approximate surface area is 154 Å². The molecular weight excluding hydrogens is 369 g/mol. The van der Waals surface area contributed by atoms with Gasteiger partial charge in [-0.1, -0.05) is 58.2 Å². The summed E-state index contributed by atoms with van der Waals surface area (Å²) in [6.45, 7) is 2.41. The molecule has 3 aromatic rings. The van der Waals surface area contributed by atoms with Crippen molar-refractivity contribution in [2.24, 2.45) is 0 Å². The van der Waals surface area contributed by atoms with Gasteiger partial charge in [-0.3, -0.25) is 0 Å². The van der Waals surface area contributed by atoms with Crippen molar-refractivity contribution in [1.29, 1.82) is 0 Å². The zero-order valence-corrected chi connectivity index (χ0v) is 15.0. The second-order valence-corrected chi connectivity index (χ2v) is 6.51. The highest BCUT2D eigenvalue weighted by molar-refractivity contribution is 6.35. The van der Waals surface area contributed by atoms with Gasteiger partial charge in [0.25, 0.3) is 0 Å². The van der Waals surface area contributed by atoms with E-state index in [-0.39, 0.29) is 6.04 Å². The number of hydrogen-bond acceptors (Lipinski definition) is 4. The van der Waals surface area contributed by atoms with E-state index in [2.05, 4.69) is 15.5 Å². The van der Waals surface area contributed by atoms with Crippen LogP contribution in [0.25, 0.3) is 11.4 Å². The molecule has 0 amide bonds. The Balaban J connectivity index is 1.68. The number of aromatic nitrogens is 2. The Hall–Kier alpha value is -1.59. The van der Waals surface area contributed by atoms with Gasteiger partial charge in [0.1, 0.15) is 0 Å². The van der Waals surface area contributed by atoms with Gasteiger partial charge in [-0.15, -0.1) is 0 Å². The maximum Gasteiger partial charge on any atom is 0.240 e. The van der Waals surface area contributed by atoms with Crippen LogP contribution in [-0.4, -0.2) is 10.1 Å². The van der Waals surface area contributed by atoms with Crippen molar-refractivity contribution in [2.75, 3.05) is 0 Å². The van der Waals surface area contributed by atoms with Gasteiger partial charge in [-0.25, -0.2) is 0 Å². The number of rotatable bonds is 5. The van der Waals surface area contributed by atoms with Crippen molar-refractivity contribution in [3.05, 3.63) is 69.0 Å². The highest BCUT2D eigenvalue weighted by Gasteiger charge is 2.14. The summed E-state index contributed by atoms with van der Waals surface area (Å²) in [5, 5.41) is 9.08. The molecule has 7 heteroatoms. The molecule has 1 aromatic heterocycles. The van der Waals surface area contributed by atoms with Gasteiger partial charge in [0.15, 0.2) is 0 Å². The van der Waals surface area contributed by atoms with Crippen LogP contribution in [0.2, 0.25) is 15.1 Å². The van der Waals surface area contributed by atoms with Crippen molar-refractivity contribution >= 4 is 34.8 Å². The summed E-state index contributed by atoms with van der Waals surface area (Å²) in [4.78, 5) is 4.36. The average molecular weight is 383 g/mol. The van der Waals surface area contributed by atoms with E-state index >= 15 is 0 Å². The van der Waals surface area contributed by atoms with E-state index in [9.17, 15) is 0 Å². The fourth-order valence-electron chi connectivity index (χ4n) is 2.28. The quantitative estimate of drug-likeness (QED) is 0.628. The van der Waals surface area contributed by atoms with Gasteiger partial charge in [-0.05, 0) is 36.8 Å². The number of benzene rings is 2. The lowest BCUT2D eigenvalue weighted by Crippen LogP contribution is -2.18. The minimum absolute atomic E-state index is 0.00503. The maximum absolute atomic E-state index is 6.22. The van der Waals surface area contributed by atoms with E-state index in [1.165, 1.54) is 0 Å². The predicted octanol–water partition coefficient (Wildman–Crippen LogP) is 5.55. The van der Waals surface area contributed by atoms with Gasteiger partial charge >= 0.3 is 0 Å². The molecule has 0 aliphatic heterocycles. The zero-order valence-electron chi connectivity index (χ0n) is 12.8. The normalized spacial score (nSPS) is 12.3. The first-order valence-corrected chi connectivity index (χ1v) is 8.44. The molecule has 0 aliphatic rings. The highest BCUT2D eigenvalue weighted by Crippen LogP contribution is 2.27. The lowest BCUT2D eigenvalue weighted by atomic mass is 10.1. The van der Waals surface area contributed by atoms with Crippen LogP contribution in [0.3, 0.4) is 0 Å². The minimum Gasteiger partial charge on any atom is -0.338 e. The first-order valence-electron chi connectivity index (χ1n) is 7.30. The summed E-state index contributed by atoms with van der Waals surface area (Å²) in [6.07, 6.45) is 0. The fourth-order valence-corrected chi connectivity index (χ4v) is 3.07. The lowest BCUT2D eigenvalue weighted by Gasteiger charge is -2.14. The number of halogens is 3. The highest BCUT2D eigenvalue weighted by atomic mass is 35.5. The van der Waals surface area contributed by atoms with Crippen LogP contribution < -0.4 is 5.32 Å². The molecule has 0 aliphatic carbocycles. The maximum atomic E-state index is 6.22. The third-order valence-corrected chi connectivity index (χ3v) is 4.46. The van der Waals surface area contributed by atoms with Crippen molar-refractivity contribution < 1.29 is 4.52 Å². The van der Waals surface area contributed by atoms with Crippen LogP contribution >= 0.6 is 34.8 Å². The predicted molar refractivity (Wildman–Crippen MR) is 96.5 cm³/mol. The van der Waals surface area contributed by atoms with Gasteiger partial charge in [0.05, 0.1) is 11.6 Å². The molecule has 0 radical (unpaired) electrons. The van der Waals surface area contributed by atoms with Crippen molar-refractivity contribution in [3.63, 3.8) is 0 Å². The Kier molecular flexibility index (Phi) is 5.41. The molecule has 3 rings (SSSR count). The molecule has 0 saturated heterocycles. The number of nitrogens with zero attached hydrogens (tertiary/aromatic N) is 2. The SMILES string of the molecule is C[C@H](NCc1nc(-c2ccccc2Cl)no1)c1ccc(Cl)cc1Cl. The standard InChI is InChI=1S/C17H14Cl3N3O/c1-10(12-7-6-11(18)8-15(12)20)21-9-16-22-17(23-24-16)13-4-2-3-5-14(13)19/h2-8,10,21H,9H2,1H3/t10-/m0/s1. The van der Waals surface area contributed by atoms with Crippen LogP contribution in [0.5, 0.6) is 0 Å². The molecule has 0 spiro atoms. The number of nitrogens with one attached hydrogen (secondary N) is 1. The summed E-state index contributed by atoms with van der Waals surface area (Å²) in [6, 6.07) is 12.8. The summed E-state index contributed by atoms with van der Waals surface area (Å²) in [5.41, 5.74) is 1.69. The molecule has 0 saturated carbocycles. The molecular formula is C17H14Cl3N3O. The first kappa shape index (κ1) is 17.2. The Morgan fingerprint density at radius 2 is 1.88 bits per heavy atom. The van der Waals surface area contributed by atoms with Gasteiger partial charge in [0.2, 0.25) is 11.7 Å². The van der Waals surface area contributed by atoms with Crippen molar-refractivity contribution in [3.8, 4) is 11.4 Å². The third kappa shape index (κ3) is 3.90. The summed E-state index contributed by atoms with van der Waals surface area (Å²) >= 11 is 18.3. The molecule has 0 fully saturated rings. The summed E-state index contributed by atoms with van der Waals surface area (Å²) in [5.74, 6) is 0.941.